The molecule has 0 unspecified atom stereocenters. The van der Waals surface area contributed by atoms with Crippen LogP contribution in [-0.4, -0.2) is 50.8 Å². The first-order valence-electron chi connectivity index (χ1n) is 6.87. The van der Waals surface area contributed by atoms with Crippen LogP contribution in [0, 0.1) is 11.3 Å². The molecule has 1 saturated carbocycles. The van der Waals surface area contributed by atoms with Crippen molar-refractivity contribution in [3.63, 3.8) is 0 Å². The first-order valence-corrected chi connectivity index (χ1v) is 6.87. The molecule has 3 nitrogen and oxygen atoms in total. The highest BCUT2D eigenvalue weighted by atomic mass is 16.5. The Kier molecular flexibility index (Phi) is 3.18. The first kappa shape index (κ1) is 11.0. The molecular weight excluding hydrogens is 200 g/mol. The van der Waals surface area contributed by atoms with E-state index in [4.69, 9.17) is 4.74 Å². The molecule has 16 heavy (non-hydrogen) atoms. The van der Waals surface area contributed by atoms with Crippen molar-refractivity contribution >= 4 is 0 Å². The van der Waals surface area contributed by atoms with Crippen molar-refractivity contribution in [2.24, 2.45) is 11.3 Å². The lowest BCUT2D eigenvalue weighted by atomic mass is 9.97. The Balaban J connectivity index is 1.52. The summed E-state index contributed by atoms with van der Waals surface area (Å²) in [6.45, 7) is 8.19. The average Bonchev–Trinajstić information content (AvgIpc) is 3.09. The Morgan fingerprint density at radius 2 is 2.06 bits per heavy atom. The highest BCUT2D eigenvalue weighted by molar-refractivity contribution is 4.97. The summed E-state index contributed by atoms with van der Waals surface area (Å²) in [5.41, 5.74) is 0.573. The second kappa shape index (κ2) is 4.63. The molecule has 3 heteroatoms. The van der Waals surface area contributed by atoms with Gasteiger partial charge in [-0.05, 0) is 44.7 Å². The van der Waals surface area contributed by atoms with Gasteiger partial charge in [0.2, 0.25) is 0 Å². The number of ether oxygens (including phenoxy) is 1. The fraction of sp³-hybridized carbons (Fsp3) is 1.00. The maximum absolute atomic E-state index is 5.74. The SMILES string of the molecule is C1CC(CN2CCOCC3(CC3)C2)CCN1. The molecular formula is C13H24N2O. The molecule has 0 aromatic rings. The van der Waals surface area contributed by atoms with Crippen LogP contribution in [0.4, 0.5) is 0 Å². The highest BCUT2D eigenvalue weighted by Gasteiger charge is 2.45. The molecule has 0 radical (unpaired) electrons. The standard InChI is InChI=1S/C13H24N2O/c1-5-14-6-2-12(1)9-15-7-8-16-11-13(10-15)3-4-13/h12,14H,1-11H2. The minimum Gasteiger partial charge on any atom is -0.379 e. The van der Waals surface area contributed by atoms with Gasteiger partial charge < -0.3 is 15.0 Å². The van der Waals surface area contributed by atoms with Gasteiger partial charge in [-0.25, -0.2) is 0 Å². The first-order chi connectivity index (χ1) is 7.86. The zero-order valence-electron chi connectivity index (χ0n) is 10.2. The molecule has 1 aliphatic carbocycles. The van der Waals surface area contributed by atoms with Crippen LogP contribution in [0.5, 0.6) is 0 Å². The molecule has 92 valence electrons. The van der Waals surface area contributed by atoms with Crippen LogP contribution in [0.15, 0.2) is 0 Å². The molecule has 0 aromatic heterocycles. The Morgan fingerprint density at radius 3 is 2.81 bits per heavy atom. The van der Waals surface area contributed by atoms with Gasteiger partial charge in [0.05, 0.1) is 13.2 Å². The number of hydrogen-bond donors (Lipinski definition) is 1. The summed E-state index contributed by atoms with van der Waals surface area (Å²) in [5, 5.41) is 3.45. The van der Waals surface area contributed by atoms with Crippen molar-refractivity contribution < 1.29 is 4.74 Å². The van der Waals surface area contributed by atoms with Crippen LogP contribution in [0.1, 0.15) is 25.7 Å². The van der Waals surface area contributed by atoms with Crippen LogP contribution in [0.2, 0.25) is 0 Å². The average molecular weight is 224 g/mol. The van der Waals surface area contributed by atoms with Crippen molar-refractivity contribution in [3.8, 4) is 0 Å². The van der Waals surface area contributed by atoms with Crippen molar-refractivity contribution in [2.45, 2.75) is 25.7 Å². The van der Waals surface area contributed by atoms with Gasteiger partial charge in [0.15, 0.2) is 0 Å². The molecule has 2 aliphatic heterocycles. The third kappa shape index (κ3) is 2.58. The number of rotatable bonds is 2. The maximum atomic E-state index is 5.74. The second-order valence-corrected chi connectivity index (χ2v) is 5.98. The smallest absolute Gasteiger partial charge is 0.0593 e. The zero-order valence-corrected chi connectivity index (χ0v) is 10.2. The molecule has 0 bridgehead atoms. The molecule has 3 rings (SSSR count). The number of nitrogens with zero attached hydrogens (tertiary/aromatic N) is 1. The monoisotopic (exact) mass is 224 g/mol. The molecule has 3 fully saturated rings. The lowest BCUT2D eigenvalue weighted by molar-refractivity contribution is 0.115. The summed E-state index contributed by atoms with van der Waals surface area (Å²) >= 11 is 0. The van der Waals surface area contributed by atoms with E-state index in [-0.39, 0.29) is 0 Å². The second-order valence-electron chi connectivity index (χ2n) is 5.98. The van der Waals surface area contributed by atoms with Crippen LogP contribution < -0.4 is 5.32 Å². The van der Waals surface area contributed by atoms with Gasteiger partial charge in [0, 0.05) is 25.0 Å². The third-order valence-electron chi connectivity index (χ3n) is 4.45. The van der Waals surface area contributed by atoms with Crippen molar-refractivity contribution in [3.05, 3.63) is 0 Å². The van der Waals surface area contributed by atoms with Crippen molar-refractivity contribution in [1.29, 1.82) is 0 Å². The van der Waals surface area contributed by atoms with E-state index >= 15 is 0 Å². The summed E-state index contributed by atoms with van der Waals surface area (Å²) in [6.07, 6.45) is 5.53. The third-order valence-corrected chi connectivity index (χ3v) is 4.45. The van der Waals surface area contributed by atoms with Crippen LogP contribution in [0.3, 0.4) is 0 Å². The van der Waals surface area contributed by atoms with Crippen molar-refractivity contribution in [2.75, 3.05) is 45.9 Å². The summed E-state index contributed by atoms with van der Waals surface area (Å²) in [6, 6.07) is 0. The van der Waals surface area contributed by atoms with Gasteiger partial charge in [-0.2, -0.15) is 0 Å². The fourth-order valence-electron chi connectivity index (χ4n) is 3.15. The van der Waals surface area contributed by atoms with Crippen molar-refractivity contribution in [1.82, 2.24) is 10.2 Å². The van der Waals surface area contributed by atoms with E-state index in [1.807, 2.05) is 0 Å². The maximum Gasteiger partial charge on any atom is 0.0593 e. The topological polar surface area (TPSA) is 24.5 Å². The van der Waals surface area contributed by atoms with Gasteiger partial charge in [0.1, 0.15) is 0 Å². The molecule has 0 amide bonds. The molecule has 1 N–H and O–H groups in total. The Hall–Kier alpha value is -0.120. The molecule has 3 aliphatic rings. The van der Waals surface area contributed by atoms with Gasteiger partial charge in [-0.1, -0.05) is 0 Å². The molecule has 2 heterocycles. The van der Waals surface area contributed by atoms with E-state index in [1.165, 1.54) is 51.9 Å². The molecule has 0 atom stereocenters. The molecule has 2 saturated heterocycles. The largest absolute Gasteiger partial charge is 0.379 e. The predicted octanol–water partition coefficient (Wildman–Crippen LogP) is 1.10. The van der Waals surface area contributed by atoms with Gasteiger partial charge in [-0.15, -0.1) is 0 Å². The molecule has 0 aromatic carbocycles. The van der Waals surface area contributed by atoms with E-state index < -0.39 is 0 Å². The van der Waals surface area contributed by atoms with Gasteiger partial charge >= 0.3 is 0 Å². The Bertz CT molecular complexity index is 234. The molecule has 1 spiro atoms. The van der Waals surface area contributed by atoms with Gasteiger partial charge in [-0.3, -0.25) is 0 Å². The summed E-state index contributed by atoms with van der Waals surface area (Å²) < 4.78 is 5.74. The fourth-order valence-corrected chi connectivity index (χ4v) is 3.15. The van der Waals surface area contributed by atoms with E-state index in [9.17, 15) is 0 Å². The number of hydrogen-bond acceptors (Lipinski definition) is 3. The minimum atomic E-state index is 0.573. The van der Waals surface area contributed by atoms with Crippen LogP contribution >= 0.6 is 0 Å². The number of piperidine rings is 1. The minimum absolute atomic E-state index is 0.573. The van der Waals surface area contributed by atoms with Crippen LogP contribution in [0.25, 0.3) is 0 Å². The normalized spacial score (nSPS) is 31.5. The van der Waals surface area contributed by atoms with E-state index in [2.05, 4.69) is 10.2 Å². The summed E-state index contributed by atoms with van der Waals surface area (Å²) in [5.74, 6) is 0.926. The zero-order chi connectivity index (χ0) is 10.8. The predicted molar refractivity (Wildman–Crippen MR) is 64.5 cm³/mol. The van der Waals surface area contributed by atoms with E-state index in [1.54, 1.807) is 0 Å². The quantitative estimate of drug-likeness (QED) is 0.760. The van der Waals surface area contributed by atoms with Crippen LogP contribution in [-0.2, 0) is 4.74 Å². The lowest BCUT2D eigenvalue weighted by Gasteiger charge is -2.30. The van der Waals surface area contributed by atoms with E-state index in [0.717, 1.165) is 25.7 Å². The summed E-state index contributed by atoms with van der Waals surface area (Å²) in [7, 11) is 0. The summed E-state index contributed by atoms with van der Waals surface area (Å²) in [4.78, 5) is 2.68. The lowest BCUT2D eigenvalue weighted by Crippen LogP contribution is -2.39. The number of nitrogens with one attached hydrogen (secondary N) is 1. The Morgan fingerprint density at radius 1 is 1.25 bits per heavy atom. The Labute approximate surface area is 98.5 Å². The van der Waals surface area contributed by atoms with Gasteiger partial charge in [0.25, 0.3) is 0 Å². The highest BCUT2D eigenvalue weighted by Crippen LogP contribution is 2.47. The van der Waals surface area contributed by atoms with E-state index in [0.29, 0.717) is 5.41 Å².